The molecule has 0 amide bonds. The minimum atomic E-state index is 0.0108. The number of rotatable bonds is 3. The maximum Gasteiger partial charge on any atom is 0.146 e. The Morgan fingerprint density at radius 1 is 1.50 bits per heavy atom. The van der Waals surface area contributed by atoms with E-state index in [0.29, 0.717) is 11.4 Å². The van der Waals surface area contributed by atoms with Gasteiger partial charge in [0.05, 0.1) is 6.20 Å². The Balaban J connectivity index is 2.07. The van der Waals surface area contributed by atoms with E-state index in [2.05, 4.69) is 10.3 Å². The van der Waals surface area contributed by atoms with E-state index in [4.69, 9.17) is 10.5 Å². The lowest BCUT2D eigenvalue weighted by molar-refractivity contribution is 0.301. The Morgan fingerprint density at radius 2 is 2.31 bits per heavy atom. The number of ether oxygens (including phenoxy) is 1. The van der Waals surface area contributed by atoms with Crippen LogP contribution in [0.4, 0.5) is 5.69 Å². The third kappa shape index (κ3) is 2.05. The van der Waals surface area contributed by atoms with E-state index < -0.39 is 0 Å². The molecular weight excluding hydrogens is 208 g/mol. The summed E-state index contributed by atoms with van der Waals surface area (Å²) in [7, 11) is 1.78. The highest BCUT2D eigenvalue weighted by Crippen LogP contribution is 2.30. The van der Waals surface area contributed by atoms with Gasteiger partial charge in [0.2, 0.25) is 0 Å². The average molecular weight is 220 g/mol. The zero-order chi connectivity index (χ0) is 11.5. The molecule has 2 rings (SSSR count). The number of hydrogen-bond donors (Lipinski definition) is 2. The van der Waals surface area contributed by atoms with Crippen LogP contribution in [0, 0.1) is 0 Å². The summed E-state index contributed by atoms with van der Waals surface area (Å²) in [5.41, 5.74) is 6.56. The van der Waals surface area contributed by atoms with Gasteiger partial charge in [-0.05, 0) is 12.1 Å². The maximum atomic E-state index is 9.36. The molecule has 0 saturated heterocycles. The lowest BCUT2D eigenvalue weighted by Gasteiger charge is -2.07. The van der Waals surface area contributed by atoms with Crippen LogP contribution in [0.15, 0.2) is 24.4 Å². The fraction of sp³-hybridized carbons (Fsp3) is 0.200. The topological polar surface area (TPSA) is 86.2 Å². The minimum Gasteiger partial charge on any atom is -0.506 e. The van der Waals surface area contributed by atoms with Gasteiger partial charge in [-0.2, -0.15) is 0 Å². The number of aryl methyl sites for hydroxylation is 1. The summed E-state index contributed by atoms with van der Waals surface area (Å²) in [5, 5.41) is 17.0. The molecule has 6 nitrogen and oxygen atoms in total. The molecule has 84 valence electrons. The van der Waals surface area contributed by atoms with Gasteiger partial charge in [0, 0.05) is 7.05 Å². The van der Waals surface area contributed by atoms with Crippen molar-refractivity contribution in [2.75, 3.05) is 5.73 Å². The van der Waals surface area contributed by atoms with Gasteiger partial charge in [0.1, 0.15) is 29.5 Å². The highest BCUT2D eigenvalue weighted by molar-refractivity contribution is 5.61. The summed E-state index contributed by atoms with van der Waals surface area (Å²) in [6.07, 6.45) is 1.75. The predicted molar refractivity (Wildman–Crippen MR) is 57.9 cm³/mol. The second-order valence-electron chi connectivity index (χ2n) is 3.36. The summed E-state index contributed by atoms with van der Waals surface area (Å²) in [6.45, 7) is 0.265. The number of phenolic OH excluding ortho intramolecular Hbond substituents is 1. The standard InChI is InChI=1S/C10H12N4O2/c1-14-5-7(12-13-14)6-16-9-4-2-3-8(15)10(9)11/h2-5,15H,6,11H2,1H3. The largest absolute Gasteiger partial charge is 0.506 e. The van der Waals surface area contributed by atoms with Crippen molar-refractivity contribution in [2.45, 2.75) is 6.61 Å². The van der Waals surface area contributed by atoms with Crippen molar-refractivity contribution < 1.29 is 9.84 Å². The van der Waals surface area contributed by atoms with Gasteiger partial charge < -0.3 is 15.6 Å². The Bertz CT molecular complexity index is 495. The van der Waals surface area contributed by atoms with Crippen LogP contribution in [0.2, 0.25) is 0 Å². The monoisotopic (exact) mass is 220 g/mol. The average Bonchev–Trinajstić information content (AvgIpc) is 2.67. The van der Waals surface area contributed by atoms with Crippen LogP contribution in [0.5, 0.6) is 11.5 Å². The summed E-state index contributed by atoms with van der Waals surface area (Å²) in [6, 6.07) is 4.85. The van der Waals surface area contributed by atoms with E-state index >= 15 is 0 Å². The lowest BCUT2D eigenvalue weighted by Crippen LogP contribution is -1.99. The number of aromatic hydroxyl groups is 1. The Hall–Kier alpha value is -2.24. The SMILES string of the molecule is Cn1cc(COc2cccc(O)c2N)nn1. The molecular formula is C10H12N4O2. The van der Waals surface area contributed by atoms with Crippen LogP contribution in [0.3, 0.4) is 0 Å². The molecule has 1 aromatic carbocycles. The lowest BCUT2D eigenvalue weighted by atomic mass is 10.3. The number of anilines is 1. The third-order valence-corrected chi connectivity index (χ3v) is 2.07. The fourth-order valence-electron chi connectivity index (χ4n) is 1.27. The number of hydrogen-bond acceptors (Lipinski definition) is 5. The Kier molecular flexibility index (Phi) is 2.63. The number of aromatic nitrogens is 3. The molecule has 1 aromatic heterocycles. The Labute approximate surface area is 92.3 Å². The van der Waals surface area contributed by atoms with Crippen molar-refractivity contribution in [2.24, 2.45) is 7.05 Å². The van der Waals surface area contributed by atoms with E-state index in [1.54, 1.807) is 30.1 Å². The first-order valence-corrected chi connectivity index (χ1v) is 4.72. The van der Waals surface area contributed by atoms with E-state index in [9.17, 15) is 5.11 Å². The number of nitrogen functional groups attached to an aromatic ring is 1. The number of nitrogens with zero attached hydrogens (tertiary/aromatic N) is 3. The van der Waals surface area contributed by atoms with Crippen LogP contribution in [-0.4, -0.2) is 20.1 Å². The van der Waals surface area contributed by atoms with Gasteiger partial charge >= 0.3 is 0 Å². The summed E-state index contributed by atoms with van der Waals surface area (Å²) < 4.78 is 7.00. The van der Waals surface area contributed by atoms with E-state index in [-0.39, 0.29) is 18.0 Å². The van der Waals surface area contributed by atoms with Gasteiger partial charge in [-0.15, -0.1) is 5.10 Å². The second kappa shape index (κ2) is 4.09. The number of benzene rings is 1. The maximum absolute atomic E-state index is 9.36. The highest BCUT2D eigenvalue weighted by atomic mass is 16.5. The quantitative estimate of drug-likeness (QED) is 0.586. The predicted octanol–water partition coefficient (Wildman–Crippen LogP) is 0.682. The normalized spacial score (nSPS) is 10.3. The van der Waals surface area contributed by atoms with Crippen molar-refractivity contribution in [3.8, 4) is 11.5 Å². The number of para-hydroxylation sites is 1. The van der Waals surface area contributed by atoms with Gasteiger partial charge in [0.25, 0.3) is 0 Å². The molecule has 6 heteroatoms. The van der Waals surface area contributed by atoms with Gasteiger partial charge in [0.15, 0.2) is 0 Å². The van der Waals surface area contributed by atoms with E-state index in [1.807, 2.05) is 0 Å². The molecule has 0 radical (unpaired) electrons. The molecule has 0 fully saturated rings. The summed E-state index contributed by atoms with van der Waals surface area (Å²) in [5.74, 6) is 0.447. The molecule has 0 bridgehead atoms. The Morgan fingerprint density at radius 3 is 3.00 bits per heavy atom. The van der Waals surface area contributed by atoms with Gasteiger partial charge in [-0.3, -0.25) is 4.68 Å². The molecule has 3 N–H and O–H groups in total. The first-order valence-electron chi connectivity index (χ1n) is 4.72. The van der Waals surface area contributed by atoms with Crippen molar-refractivity contribution in [3.63, 3.8) is 0 Å². The second-order valence-corrected chi connectivity index (χ2v) is 3.36. The van der Waals surface area contributed by atoms with E-state index in [1.165, 1.54) is 6.07 Å². The summed E-state index contributed by atoms with van der Waals surface area (Å²) in [4.78, 5) is 0. The van der Waals surface area contributed by atoms with Crippen molar-refractivity contribution in [1.82, 2.24) is 15.0 Å². The molecule has 2 aromatic rings. The number of nitrogens with two attached hydrogens (primary N) is 1. The molecule has 0 atom stereocenters. The van der Waals surface area contributed by atoms with Crippen molar-refractivity contribution in [3.05, 3.63) is 30.1 Å². The molecule has 0 aliphatic carbocycles. The van der Waals surface area contributed by atoms with Crippen molar-refractivity contribution >= 4 is 5.69 Å². The van der Waals surface area contributed by atoms with Crippen molar-refractivity contribution in [1.29, 1.82) is 0 Å². The smallest absolute Gasteiger partial charge is 0.146 e. The highest BCUT2D eigenvalue weighted by Gasteiger charge is 2.06. The minimum absolute atomic E-state index is 0.0108. The summed E-state index contributed by atoms with van der Waals surface area (Å²) >= 11 is 0. The van der Waals surface area contributed by atoms with Crippen LogP contribution < -0.4 is 10.5 Å². The molecule has 16 heavy (non-hydrogen) atoms. The first-order chi connectivity index (χ1) is 7.66. The van der Waals surface area contributed by atoms with Gasteiger partial charge in [-0.1, -0.05) is 11.3 Å². The molecule has 0 aliphatic heterocycles. The zero-order valence-electron chi connectivity index (χ0n) is 8.79. The first kappa shape index (κ1) is 10.3. The molecule has 0 unspecified atom stereocenters. The molecule has 1 heterocycles. The van der Waals surface area contributed by atoms with Gasteiger partial charge in [-0.25, -0.2) is 0 Å². The molecule has 0 spiro atoms. The molecule has 0 saturated carbocycles. The van der Waals surface area contributed by atoms with Crippen LogP contribution in [0.1, 0.15) is 5.69 Å². The van der Waals surface area contributed by atoms with Crippen LogP contribution in [-0.2, 0) is 13.7 Å². The molecule has 0 aliphatic rings. The van der Waals surface area contributed by atoms with E-state index in [0.717, 1.165) is 0 Å². The fourth-order valence-corrected chi connectivity index (χ4v) is 1.27. The van der Waals surface area contributed by atoms with Crippen LogP contribution >= 0.6 is 0 Å². The van der Waals surface area contributed by atoms with Crippen LogP contribution in [0.25, 0.3) is 0 Å². The zero-order valence-corrected chi connectivity index (χ0v) is 8.79. The number of phenols is 1. The third-order valence-electron chi connectivity index (χ3n) is 2.07.